The second-order valence-corrected chi connectivity index (χ2v) is 6.75. The van der Waals surface area contributed by atoms with Crippen molar-refractivity contribution in [3.05, 3.63) is 66.4 Å². The van der Waals surface area contributed by atoms with Crippen molar-refractivity contribution in [1.29, 1.82) is 0 Å². The molecule has 0 amide bonds. The number of nitrogens with zero attached hydrogens (tertiary/aromatic N) is 1. The molecule has 1 atom stereocenters. The third kappa shape index (κ3) is 3.08. The van der Waals surface area contributed by atoms with Gasteiger partial charge in [0.15, 0.2) is 0 Å². The number of methoxy groups -OCH3 is 1. The van der Waals surface area contributed by atoms with E-state index in [1.807, 2.05) is 61.5 Å². The van der Waals surface area contributed by atoms with Crippen molar-refractivity contribution < 1.29 is 14.3 Å². The van der Waals surface area contributed by atoms with E-state index in [9.17, 15) is 9.59 Å². The first-order valence-electron chi connectivity index (χ1n) is 7.56. The molecule has 3 rings (SSSR count). The van der Waals surface area contributed by atoms with Gasteiger partial charge < -0.3 is 4.74 Å². The van der Waals surface area contributed by atoms with Gasteiger partial charge in [-0.3, -0.25) is 9.36 Å². The van der Waals surface area contributed by atoms with Gasteiger partial charge in [-0.2, -0.15) is 0 Å². The van der Waals surface area contributed by atoms with Gasteiger partial charge in [0.1, 0.15) is 0 Å². The number of thioether (sulfide) groups is 1. The zero-order valence-corrected chi connectivity index (χ0v) is 14.2. The number of hydrogen-bond donors (Lipinski definition) is 0. The molecule has 4 nitrogen and oxygen atoms in total. The lowest BCUT2D eigenvalue weighted by Crippen LogP contribution is -2.20. The highest BCUT2D eigenvalue weighted by Gasteiger charge is 2.22. The monoisotopic (exact) mass is 339 g/mol. The Hall–Kier alpha value is -2.53. The standard InChI is InChI=1S/C19H17NO3S/c1-13(24-14-8-4-3-5-9-14)18(21)20-12-16(19(22)23-2)15-10-6-7-11-17(15)20/h3-13H,1-2H3/t13-/m0/s1. The van der Waals surface area contributed by atoms with Crippen LogP contribution in [0.1, 0.15) is 22.1 Å². The van der Waals surface area contributed by atoms with Crippen molar-refractivity contribution in [2.75, 3.05) is 7.11 Å². The third-order valence-corrected chi connectivity index (χ3v) is 4.86. The molecule has 0 fully saturated rings. The Bertz CT molecular complexity index is 886. The van der Waals surface area contributed by atoms with Crippen LogP contribution < -0.4 is 0 Å². The Morgan fingerprint density at radius 3 is 2.42 bits per heavy atom. The summed E-state index contributed by atoms with van der Waals surface area (Å²) in [6.07, 6.45) is 1.57. The van der Waals surface area contributed by atoms with Gasteiger partial charge in [0.05, 0.1) is 23.4 Å². The summed E-state index contributed by atoms with van der Waals surface area (Å²) < 4.78 is 6.37. The smallest absolute Gasteiger partial charge is 0.340 e. The molecule has 0 saturated carbocycles. The van der Waals surface area contributed by atoms with Gasteiger partial charge in [-0.1, -0.05) is 36.4 Å². The summed E-state index contributed by atoms with van der Waals surface area (Å²) >= 11 is 1.49. The summed E-state index contributed by atoms with van der Waals surface area (Å²) in [7, 11) is 1.34. The zero-order valence-electron chi connectivity index (χ0n) is 13.4. The zero-order chi connectivity index (χ0) is 17.1. The van der Waals surface area contributed by atoms with Crippen molar-refractivity contribution in [2.45, 2.75) is 17.1 Å². The number of aromatic nitrogens is 1. The Labute approximate surface area is 144 Å². The number of esters is 1. The van der Waals surface area contributed by atoms with Crippen LogP contribution in [0.4, 0.5) is 0 Å². The van der Waals surface area contributed by atoms with Crippen LogP contribution in [0.15, 0.2) is 65.7 Å². The van der Waals surface area contributed by atoms with Gasteiger partial charge in [-0.05, 0) is 25.1 Å². The molecule has 5 heteroatoms. The maximum atomic E-state index is 12.9. The van der Waals surface area contributed by atoms with Gasteiger partial charge in [-0.15, -0.1) is 11.8 Å². The SMILES string of the molecule is COC(=O)c1cn(C(=O)[C@H](C)Sc2ccccc2)c2ccccc12. The summed E-state index contributed by atoms with van der Waals surface area (Å²) in [6.45, 7) is 1.87. The van der Waals surface area contributed by atoms with E-state index < -0.39 is 5.97 Å². The fourth-order valence-electron chi connectivity index (χ4n) is 2.58. The molecule has 0 unspecified atom stereocenters. The van der Waals surface area contributed by atoms with Crippen molar-refractivity contribution in [3.8, 4) is 0 Å². The highest BCUT2D eigenvalue weighted by atomic mass is 32.2. The predicted octanol–water partition coefficient (Wildman–Crippen LogP) is 4.25. The van der Waals surface area contributed by atoms with E-state index in [0.29, 0.717) is 11.1 Å². The van der Waals surface area contributed by atoms with Crippen LogP contribution in [0.3, 0.4) is 0 Å². The average Bonchev–Trinajstić information content (AvgIpc) is 3.01. The van der Waals surface area contributed by atoms with Crippen LogP contribution in [-0.2, 0) is 4.74 Å². The van der Waals surface area contributed by atoms with E-state index in [2.05, 4.69) is 0 Å². The van der Waals surface area contributed by atoms with Crippen LogP contribution in [0.5, 0.6) is 0 Å². The molecule has 2 aromatic carbocycles. The molecule has 0 aliphatic heterocycles. The van der Waals surface area contributed by atoms with Gasteiger partial charge in [0.25, 0.3) is 0 Å². The van der Waals surface area contributed by atoms with Crippen molar-refractivity contribution in [2.24, 2.45) is 0 Å². The lowest BCUT2D eigenvalue weighted by atomic mass is 10.2. The number of carbonyl (C=O) groups is 2. The number of hydrogen-bond acceptors (Lipinski definition) is 4. The highest BCUT2D eigenvalue weighted by molar-refractivity contribution is 8.00. The average molecular weight is 339 g/mol. The van der Waals surface area contributed by atoms with E-state index in [-0.39, 0.29) is 11.2 Å². The van der Waals surface area contributed by atoms with Gasteiger partial charge in [0, 0.05) is 16.5 Å². The van der Waals surface area contributed by atoms with E-state index in [0.717, 1.165) is 10.3 Å². The van der Waals surface area contributed by atoms with E-state index in [1.165, 1.54) is 18.9 Å². The van der Waals surface area contributed by atoms with Gasteiger partial charge in [-0.25, -0.2) is 4.79 Å². The quantitative estimate of drug-likeness (QED) is 0.527. The van der Waals surface area contributed by atoms with Crippen LogP contribution in [0, 0.1) is 0 Å². The Morgan fingerprint density at radius 1 is 1.04 bits per heavy atom. The molecule has 1 aromatic heterocycles. The van der Waals surface area contributed by atoms with Crippen molar-refractivity contribution >= 4 is 34.5 Å². The number of fused-ring (bicyclic) bond motifs is 1. The highest BCUT2D eigenvalue weighted by Crippen LogP contribution is 2.27. The second kappa shape index (κ2) is 6.93. The molecule has 122 valence electrons. The molecule has 0 spiro atoms. The molecule has 3 aromatic rings. The minimum absolute atomic E-state index is 0.0739. The molecule has 0 N–H and O–H groups in total. The van der Waals surface area contributed by atoms with E-state index in [1.54, 1.807) is 10.8 Å². The fraction of sp³-hybridized carbons (Fsp3) is 0.158. The third-order valence-electron chi connectivity index (χ3n) is 3.76. The maximum Gasteiger partial charge on any atom is 0.340 e. The molecule has 0 aliphatic carbocycles. The number of benzene rings is 2. The number of ether oxygens (including phenoxy) is 1. The molecule has 24 heavy (non-hydrogen) atoms. The number of rotatable bonds is 4. The van der Waals surface area contributed by atoms with Crippen molar-refractivity contribution in [1.82, 2.24) is 4.57 Å². The number of para-hydroxylation sites is 1. The van der Waals surface area contributed by atoms with Crippen LogP contribution in [0.25, 0.3) is 10.9 Å². The first kappa shape index (κ1) is 16.3. The molecule has 0 saturated heterocycles. The Kier molecular flexibility index (Phi) is 4.71. The van der Waals surface area contributed by atoms with Crippen LogP contribution in [0.2, 0.25) is 0 Å². The summed E-state index contributed by atoms with van der Waals surface area (Å²) in [5.74, 6) is -0.517. The summed E-state index contributed by atoms with van der Waals surface area (Å²) in [4.78, 5) is 25.9. The molecule has 0 aliphatic rings. The second-order valence-electron chi connectivity index (χ2n) is 5.33. The fourth-order valence-corrected chi connectivity index (χ4v) is 3.52. The van der Waals surface area contributed by atoms with E-state index >= 15 is 0 Å². The summed E-state index contributed by atoms with van der Waals surface area (Å²) in [5, 5.41) is 0.434. The number of carbonyl (C=O) groups excluding carboxylic acids is 2. The van der Waals surface area contributed by atoms with Crippen LogP contribution >= 0.6 is 11.8 Å². The minimum Gasteiger partial charge on any atom is -0.465 e. The van der Waals surface area contributed by atoms with Gasteiger partial charge >= 0.3 is 5.97 Å². The molecule has 1 heterocycles. The minimum atomic E-state index is -0.443. The topological polar surface area (TPSA) is 48.3 Å². The normalized spacial score (nSPS) is 12.1. The summed E-state index contributed by atoms with van der Waals surface area (Å²) in [5.41, 5.74) is 1.11. The predicted molar refractivity (Wildman–Crippen MR) is 95.7 cm³/mol. The molecular formula is C19H17NO3S. The summed E-state index contributed by atoms with van der Waals surface area (Å²) in [6, 6.07) is 17.1. The van der Waals surface area contributed by atoms with E-state index in [4.69, 9.17) is 4.74 Å². The Morgan fingerprint density at radius 2 is 1.71 bits per heavy atom. The Balaban J connectivity index is 1.96. The van der Waals surface area contributed by atoms with Crippen LogP contribution in [-0.4, -0.2) is 28.8 Å². The molecule has 0 bridgehead atoms. The van der Waals surface area contributed by atoms with Gasteiger partial charge in [0.2, 0.25) is 5.91 Å². The molecule has 0 radical (unpaired) electrons. The molecular weight excluding hydrogens is 322 g/mol. The maximum absolute atomic E-state index is 12.9. The first-order chi connectivity index (χ1) is 11.6. The largest absolute Gasteiger partial charge is 0.465 e. The first-order valence-corrected chi connectivity index (χ1v) is 8.44. The van der Waals surface area contributed by atoms with Crippen molar-refractivity contribution in [3.63, 3.8) is 0 Å². The lowest BCUT2D eigenvalue weighted by Gasteiger charge is -2.11. The lowest BCUT2D eigenvalue weighted by molar-refractivity contribution is 0.0603.